The molecule has 0 aliphatic heterocycles. The molecule has 1 aromatic heterocycles. The van der Waals surface area contributed by atoms with Crippen LogP contribution in [0.3, 0.4) is 0 Å². The first-order valence-corrected chi connectivity index (χ1v) is 6.00. The molecule has 0 spiro atoms. The van der Waals surface area contributed by atoms with Crippen molar-refractivity contribution in [1.29, 1.82) is 0 Å². The summed E-state index contributed by atoms with van der Waals surface area (Å²) in [5.41, 5.74) is 1.42. The number of pyridine rings is 1. The molecule has 2 rings (SSSR count). The molecule has 0 unspecified atom stereocenters. The van der Waals surface area contributed by atoms with E-state index in [1.165, 1.54) is 19.3 Å². The van der Waals surface area contributed by atoms with Crippen molar-refractivity contribution >= 4 is 5.91 Å². The molecule has 0 bridgehead atoms. The highest BCUT2D eigenvalue weighted by molar-refractivity contribution is 5.92. The predicted molar refractivity (Wildman–Crippen MR) is 63.3 cm³/mol. The van der Waals surface area contributed by atoms with Gasteiger partial charge >= 0.3 is 0 Å². The Kier molecular flexibility index (Phi) is 3.54. The highest BCUT2D eigenvalue weighted by Gasteiger charge is 2.17. The minimum Gasteiger partial charge on any atom is -0.348 e. The fourth-order valence-electron chi connectivity index (χ4n) is 2.18. The van der Waals surface area contributed by atoms with Gasteiger partial charge in [-0.2, -0.15) is 0 Å². The van der Waals surface area contributed by atoms with Crippen LogP contribution in [0.1, 0.15) is 48.3 Å². The molecule has 1 heterocycles. The smallest absolute Gasteiger partial charge is 0.270 e. The molecule has 3 nitrogen and oxygen atoms in total. The maximum absolute atomic E-state index is 11.9. The average Bonchev–Trinajstić information content (AvgIpc) is 2.30. The molecule has 1 amide bonds. The quantitative estimate of drug-likeness (QED) is 0.828. The Morgan fingerprint density at radius 1 is 1.31 bits per heavy atom. The van der Waals surface area contributed by atoms with Gasteiger partial charge in [0.05, 0.1) is 0 Å². The second kappa shape index (κ2) is 5.10. The standard InChI is InChI=1S/C13H18N2O/c1-10-6-5-9-12(14-10)13(16)15-11-7-3-2-4-8-11/h5-6,9,11H,2-4,7-8H2,1H3,(H,15,16). The molecule has 1 N–H and O–H groups in total. The monoisotopic (exact) mass is 218 g/mol. The molecule has 1 fully saturated rings. The summed E-state index contributed by atoms with van der Waals surface area (Å²) in [5.74, 6) is -0.0319. The number of rotatable bonds is 2. The Balaban J connectivity index is 1.97. The number of nitrogens with zero attached hydrogens (tertiary/aromatic N) is 1. The lowest BCUT2D eigenvalue weighted by Gasteiger charge is -2.22. The van der Waals surface area contributed by atoms with Crippen molar-refractivity contribution in [3.63, 3.8) is 0 Å². The maximum Gasteiger partial charge on any atom is 0.270 e. The van der Waals surface area contributed by atoms with Crippen molar-refractivity contribution < 1.29 is 4.79 Å². The Labute approximate surface area is 96.3 Å². The van der Waals surface area contributed by atoms with Gasteiger partial charge in [0, 0.05) is 11.7 Å². The first kappa shape index (κ1) is 11.1. The van der Waals surface area contributed by atoms with E-state index >= 15 is 0 Å². The van der Waals surface area contributed by atoms with E-state index in [1.807, 2.05) is 19.1 Å². The zero-order chi connectivity index (χ0) is 11.4. The van der Waals surface area contributed by atoms with Gasteiger partial charge in [0.1, 0.15) is 5.69 Å². The normalized spacial score (nSPS) is 17.1. The number of hydrogen-bond donors (Lipinski definition) is 1. The van der Waals surface area contributed by atoms with Crippen molar-refractivity contribution in [2.75, 3.05) is 0 Å². The lowest BCUT2D eigenvalue weighted by molar-refractivity contribution is 0.0922. The number of hydrogen-bond acceptors (Lipinski definition) is 2. The van der Waals surface area contributed by atoms with Gasteiger partial charge in [-0.25, -0.2) is 4.98 Å². The average molecular weight is 218 g/mol. The number of aromatic nitrogens is 1. The van der Waals surface area contributed by atoms with E-state index in [0.29, 0.717) is 11.7 Å². The van der Waals surface area contributed by atoms with Crippen LogP contribution in [0, 0.1) is 6.92 Å². The van der Waals surface area contributed by atoms with E-state index in [9.17, 15) is 4.79 Å². The van der Waals surface area contributed by atoms with Gasteiger partial charge in [0.2, 0.25) is 0 Å². The maximum atomic E-state index is 11.9. The molecule has 0 atom stereocenters. The molecule has 0 radical (unpaired) electrons. The topological polar surface area (TPSA) is 42.0 Å². The third-order valence-electron chi connectivity index (χ3n) is 3.06. The fraction of sp³-hybridized carbons (Fsp3) is 0.538. The Hall–Kier alpha value is -1.38. The van der Waals surface area contributed by atoms with Crippen molar-refractivity contribution in [3.8, 4) is 0 Å². The van der Waals surface area contributed by atoms with Gasteiger partial charge in [-0.05, 0) is 31.9 Å². The van der Waals surface area contributed by atoms with Gasteiger partial charge in [-0.15, -0.1) is 0 Å². The molecule has 0 aromatic carbocycles. The largest absolute Gasteiger partial charge is 0.348 e. The molecule has 1 saturated carbocycles. The second-order valence-electron chi connectivity index (χ2n) is 4.47. The third-order valence-corrected chi connectivity index (χ3v) is 3.06. The summed E-state index contributed by atoms with van der Waals surface area (Å²) in [6, 6.07) is 5.89. The third kappa shape index (κ3) is 2.81. The van der Waals surface area contributed by atoms with Crippen LogP contribution in [0.2, 0.25) is 0 Å². The van der Waals surface area contributed by atoms with E-state index in [0.717, 1.165) is 18.5 Å². The number of carbonyl (C=O) groups is 1. The lowest BCUT2D eigenvalue weighted by Crippen LogP contribution is -2.36. The summed E-state index contributed by atoms with van der Waals surface area (Å²) in [7, 11) is 0. The van der Waals surface area contributed by atoms with Crippen LogP contribution in [-0.4, -0.2) is 16.9 Å². The van der Waals surface area contributed by atoms with E-state index < -0.39 is 0 Å². The van der Waals surface area contributed by atoms with Crippen molar-refractivity contribution in [2.45, 2.75) is 45.1 Å². The molecule has 0 saturated heterocycles. The highest BCUT2D eigenvalue weighted by atomic mass is 16.1. The summed E-state index contributed by atoms with van der Waals surface area (Å²) in [6.45, 7) is 1.90. The van der Waals surface area contributed by atoms with Crippen LogP contribution >= 0.6 is 0 Å². The van der Waals surface area contributed by atoms with E-state index in [-0.39, 0.29) is 5.91 Å². The molecule has 1 aliphatic rings. The fourth-order valence-corrected chi connectivity index (χ4v) is 2.18. The molecule has 86 valence electrons. The lowest BCUT2D eigenvalue weighted by atomic mass is 9.95. The second-order valence-corrected chi connectivity index (χ2v) is 4.47. The van der Waals surface area contributed by atoms with E-state index in [2.05, 4.69) is 10.3 Å². The predicted octanol–water partition coefficient (Wildman–Crippen LogP) is 2.45. The first-order chi connectivity index (χ1) is 7.75. The van der Waals surface area contributed by atoms with Crippen LogP contribution in [0.25, 0.3) is 0 Å². The van der Waals surface area contributed by atoms with Crippen LogP contribution in [0.5, 0.6) is 0 Å². The highest BCUT2D eigenvalue weighted by Crippen LogP contribution is 2.17. The zero-order valence-electron chi connectivity index (χ0n) is 9.70. The van der Waals surface area contributed by atoms with E-state index in [4.69, 9.17) is 0 Å². The molecule has 3 heteroatoms. The first-order valence-electron chi connectivity index (χ1n) is 6.00. The van der Waals surface area contributed by atoms with Crippen molar-refractivity contribution in [3.05, 3.63) is 29.6 Å². The minimum absolute atomic E-state index is 0.0319. The van der Waals surface area contributed by atoms with Gasteiger partial charge in [0.15, 0.2) is 0 Å². The number of nitrogens with one attached hydrogen (secondary N) is 1. The van der Waals surface area contributed by atoms with Crippen LogP contribution in [0.15, 0.2) is 18.2 Å². The molecule has 1 aliphatic carbocycles. The van der Waals surface area contributed by atoms with Gasteiger partial charge < -0.3 is 5.32 Å². The molecule has 16 heavy (non-hydrogen) atoms. The van der Waals surface area contributed by atoms with E-state index in [1.54, 1.807) is 6.07 Å². The van der Waals surface area contributed by atoms with Crippen molar-refractivity contribution in [2.24, 2.45) is 0 Å². The van der Waals surface area contributed by atoms with Gasteiger partial charge in [-0.3, -0.25) is 4.79 Å². The number of carbonyl (C=O) groups excluding carboxylic acids is 1. The number of aryl methyl sites for hydroxylation is 1. The summed E-state index contributed by atoms with van der Waals surface area (Å²) >= 11 is 0. The Morgan fingerprint density at radius 2 is 2.06 bits per heavy atom. The molecular weight excluding hydrogens is 200 g/mol. The minimum atomic E-state index is -0.0319. The zero-order valence-corrected chi connectivity index (χ0v) is 9.70. The summed E-state index contributed by atoms with van der Waals surface area (Å²) in [5, 5.41) is 3.06. The summed E-state index contributed by atoms with van der Waals surface area (Å²) < 4.78 is 0. The number of amides is 1. The molecule has 1 aromatic rings. The van der Waals surface area contributed by atoms with Crippen LogP contribution in [-0.2, 0) is 0 Å². The Bertz CT molecular complexity index is 370. The summed E-state index contributed by atoms with van der Waals surface area (Å²) in [4.78, 5) is 16.1. The SMILES string of the molecule is Cc1cccc(C(=O)NC2CCCCC2)n1. The van der Waals surface area contributed by atoms with Crippen molar-refractivity contribution in [1.82, 2.24) is 10.3 Å². The summed E-state index contributed by atoms with van der Waals surface area (Å²) in [6.07, 6.45) is 5.97. The van der Waals surface area contributed by atoms with Gasteiger partial charge in [0.25, 0.3) is 5.91 Å². The van der Waals surface area contributed by atoms with Gasteiger partial charge in [-0.1, -0.05) is 25.3 Å². The van der Waals surface area contributed by atoms with Crippen LogP contribution in [0.4, 0.5) is 0 Å². The van der Waals surface area contributed by atoms with Crippen LogP contribution < -0.4 is 5.32 Å². The molecular formula is C13H18N2O. The Morgan fingerprint density at radius 3 is 2.75 bits per heavy atom.